The van der Waals surface area contributed by atoms with Gasteiger partial charge in [0.1, 0.15) is 11.4 Å². The molecule has 0 spiro atoms. The molecule has 0 radical (unpaired) electrons. The van der Waals surface area contributed by atoms with Crippen LogP contribution in [0, 0.1) is 0 Å². The van der Waals surface area contributed by atoms with E-state index in [1.54, 1.807) is 30.3 Å². The predicted octanol–water partition coefficient (Wildman–Crippen LogP) is 3.51. The number of carbonyl (C=O) groups is 1. The first-order chi connectivity index (χ1) is 12.9. The molecule has 1 aromatic heterocycles. The minimum atomic E-state index is -0.750. The number of ether oxygens (including phenoxy) is 1. The van der Waals surface area contributed by atoms with Gasteiger partial charge in [-0.3, -0.25) is 9.59 Å². The van der Waals surface area contributed by atoms with E-state index in [9.17, 15) is 14.7 Å². The van der Waals surface area contributed by atoms with Crippen LogP contribution in [0.2, 0.25) is 10.0 Å². The SMILES string of the molecule is COc1ccccc1-n1nc(C(=O)Nc2ccc(Cl)cc2Cl)c(O)cc1=O. The fourth-order valence-electron chi connectivity index (χ4n) is 2.36. The van der Waals surface area contributed by atoms with Crippen molar-refractivity contribution in [2.45, 2.75) is 0 Å². The molecule has 9 heteroatoms. The molecule has 0 fully saturated rings. The van der Waals surface area contributed by atoms with Gasteiger partial charge in [-0.05, 0) is 30.3 Å². The second-order valence-electron chi connectivity index (χ2n) is 5.38. The largest absolute Gasteiger partial charge is 0.505 e. The quantitative estimate of drug-likeness (QED) is 0.692. The number of halogens is 2. The molecule has 0 bridgehead atoms. The molecule has 7 nitrogen and oxygen atoms in total. The van der Waals surface area contributed by atoms with Crippen LogP contribution in [-0.2, 0) is 0 Å². The van der Waals surface area contributed by atoms with Gasteiger partial charge in [-0.25, -0.2) is 0 Å². The Bertz CT molecular complexity index is 1080. The summed E-state index contributed by atoms with van der Waals surface area (Å²) >= 11 is 11.9. The van der Waals surface area contributed by atoms with E-state index >= 15 is 0 Å². The molecule has 1 amide bonds. The van der Waals surface area contributed by atoms with Crippen molar-refractivity contribution in [3.05, 3.63) is 74.6 Å². The van der Waals surface area contributed by atoms with Gasteiger partial charge in [-0.1, -0.05) is 35.3 Å². The van der Waals surface area contributed by atoms with Crippen LogP contribution in [0.4, 0.5) is 5.69 Å². The normalized spacial score (nSPS) is 10.5. The van der Waals surface area contributed by atoms with Gasteiger partial charge in [0.2, 0.25) is 0 Å². The number of rotatable bonds is 4. The summed E-state index contributed by atoms with van der Waals surface area (Å²) in [7, 11) is 1.44. The monoisotopic (exact) mass is 405 g/mol. The number of nitrogens with one attached hydrogen (secondary N) is 1. The standard InChI is InChI=1S/C18H13Cl2N3O4/c1-27-15-5-3-2-4-13(15)23-16(25)9-14(24)17(22-23)18(26)21-12-7-6-10(19)8-11(12)20/h2-9,24H,1H3,(H,21,26). The molecule has 3 rings (SSSR count). The van der Waals surface area contributed by atoms with Gasteiger partial charge in [-0.2, -0.15) is 9.78 Å². The lowest BCUT2D eigenvalue weighted by molar-refractivity contribution is 0.101. The minimum absolute atomic E-state index is 0.216. The molecule has 2 N–H and O–H groups in total. The Hall–Kier alpha value is -3.03. The second-order valence-corrected chi connectivity index (χ2v) is 6.22. The van der Waals surface area contributed by atoms with E-state index in [1.165, 1.54) is 19.2 Å². The molecule has 2 aromatic carbocycles. The summed E-state index contributed by atoms with van der Waals surface area (Å²) in [5.74, 6) is -0.931. The number of anilines is 1. The van der Waals surface area contributed by atoms with Crippen molar-refractivity contribution in [2.75, 3.05) is 12.4 Å². The third-order valence-corrected chi connectivity index (χ3v) is 4.17. The van der Waals surface area contributed by atoms with Crippen LogP contribution in [-0.4, -0.2) is 27.9 Å². The summed E-state index contributed by atoms with van der Waals surface area (Å²) in [6.45, 7) is 0. The van der Waals surface area contributed by atoms with Crippen molar-refractivity contribution < 1.29 is 14.6 Å². The zero-order valence-corrected chi connectivity index (χ0v) is 15.5. The summed E-state index contributed by atoms with van der Waals surface area (Å²) in [5.41, 5.74) is -0.379. The molecule has 0 aliphatic rings. The molecule has 0 aliphatic carbocycles. The topological polar surface area (TPSA) is 93.5 Å². The van der Waals surface area contributed by atoms with E-state index in [-0.39, 0.29) is 16.4 Å². The number of methoxy groups -OCH3 is 1. The lowest BCUT2D eigenvalue weighted by Crippen LogP contribution is -2.25. The minimum Gasteiger partial charge on any atom is -0.505 e. The number of benzene rings is 2. The molecule has 27 heavy (non-hydrogen) atoms. The third kappa shape index (κ3) is 3.89. The highest BCUT2D eigenvalue weighted by Crippen LogP contribution is 2.27. The van der Waals surface area contributed by atoms with Gasteiger partial charge >= 0.3 is 0 Å². The highest BCUT2D eigenvalue weighted by molar-refractivity contribution is 6.36. The molecule has 3 aromatic rings. The molecule has 1 heterocycles. The number of carbonyl (C=O) groups excluding carboxylic acids is 1. The van der Waals surface area contributed by atoms with E-state index in [4.69, 9.17) is 27.9 Å². The Balaban J connectivity index is 2.03. The summed E-state index contributed by atoms with van der Waals surface area (Å²) in [6, 6.07) is 12.1. The predicted molar refractivity (Wildman–Crippen MR) is 102 cm³/mol. The zero-order valence-electron chi connectivity index (χ0n) is 13.9. The first-order valence-electron chi connectivity index (χ1n) is 7.64. The number of aromatic nitrogens is 2. The van der Waals surface area contributed by atoms with Gasteiger partial charge in [0.05, 0.1) is 17.8 Å². The molecular weight excluding hydrogens is 393 g/mol. The van der Waals surface area contributed by atoms with E-state index in [0.29, 0.717) is 16.5 Å². The van der Waals surface area contributed by atoms with E-state index in [2.05, 4.69) is 10.4 Å². The van der Waals surface area contributed by atoms with Crippen LogP contribution in [0.3, 0.4) is 0 Å². The van der Waals surface area contributed by atoms with Crippen LogP contribution >= 0.6 is 23.2 Å². The van der Waals surface area contributed by atoms with Gasteiger partial charge in [0.15, 0.2) is 11.4 Å². The second kappa shape index (κ2) is 7.69. The van der Waals surface area contributed by atoms with Crippen LogP contribution < -0.4 is 15.6 Å². The number of nitrogens with zero attached hydrogens (tertiary/aromatic N) is 2. The van der Waals surface area contributed by atoms with Crippen LogP contribution in [0.15, 0.2) is 53.3 Å². The first kappa shape index (κ1) is 18.8. The maximum Gasteiger partial charge on any atom is 0.280 e. The van der Waals surface area contributed by atoms with E-state index < -0.39 is 17.2 Å². The Morgan fingerprint density at radius 1 is 1.19 bits per heavy atom. The highest BCUT2D eigenvalue weighted by Gasteiger charge is 2.19. The Morgan fingerprint density at radius 3 is 2.63 bits per heavy atom. The number of aromatic hydroxyl groups is 1. The van der Waals surface area contributed by atoms with Crippen LogP contribution in [0.5, 0.6) is 11.5 Å². The average Bonchev–Trinajstić information content (AvgIpc) is 2.64. The third-order valence-electron chi connectivity index (χ3n) is 3.62. The smallest absolute Gasteiger partial charge is 0.280 e. The van der Waals surface area contributed by atoms with Crippen molar-refractivity contribution in [2.24, 2.45) is 0 Å². The van der Waals surface area contributed by atoms with E-state index in [0.717, 1.165) is 10.7 Å². The Labute approximate surface area is 163 Å². The van der Waals surface area contributed by atoms with E-state index in [1.807, 2.05) is 0 Å². The highest BCUT2D eigenvalue weighted by atomic mass is 35.5. The van der Waals surface area contributed by atoms with Crippen molar-refractivity contribution in [3.63, 3.8) is 0 Å². The lowest BCUT2D eigenvalue weighted by atomic mass is 10.2. The first-order valence-corrected chi connectivity index (χ1v) is 8.39. The fourth-order valence-corrected chi connectivity index (χ4v) is 2.81. The lowest BCUT2D eigenvalue weighted by Gasteiger charge is -2.12. The Kier molecular flexibility index (Phi) is 5.34. The number of para-hydroxylation sites is 2. The summed E-state index contributed by atoms with van der Waals surface area (Å²) in [5, 5.41) is 17.2. The van der Waals surface area contributed by atoms with Gasteiger partial charge in [0.25, 0.3) is 11.5 Å². The van der Waals surface area contributed by atoms with Crippen molar-refractivity contribution in [3.8, 4) is 17.2 Å². The number of hydrogen-bond donors (Lipinski definition) is 2. The summed E-state index contributed by atoms with van der Waals surface area (Å²) in [4.78, 5) is 24.8. The maximum atomic E-state index is 12.5. The average molecular weight is 406 g/mol. The molecule has 138 valence electrons. The molecule has 0 aliphatic heterocycles. The van der Waals surface area contributed by atoms with Crippen LogP contribution in [0.25, 0.3) is 5.69 Å². The maximum absolute atomic E-state index is 12.5. The molecule has 0 atom stereocenters. The van der Waals surface area contributed by atoms with Crippen molar-refractivity contribution in [1.29, 1.82) is 0 Å². The van der Waals surface area contributed by atoms with Crippen molar-refractivity contribution in [1.82, 2.24) is 9.78 Å². The molecular formula is C18H13Cl2N3O4. The molecule has 0 saturated carbocycles. The summed E-state index contributed by atoms with van der Waals surface area (Å²) < 4.78 is 6.18. The number of hydrogen-bond acceptors (Lipinski definition) is 5. The fraction of sp³-hybridized carbons (Fsp3) is 0.0556. The van der Waals surface area contributed by atoms with Gasteiger partial charge in [0, 0.05) is 11.1 Å². The van der Waals surface area contributed by atoms with Crippen LogP contribution in [0.1, 0.15) is 10.5 Å². The Morgan fingerprint density at radius 2 is 1.93 bits per heavy atom. The van der Waals surface area contributed by atoms with Gasteiger partial charge < -0.3 is 15.2 Å². The molecule has 0 unspecified atom stereocenters. The zero-order chi connectivity index (χ0) is 19.6. The van der Waals surface area contributed by atoms with Crippen molar-refractivity contribution >= 4 is 34.8 Å². The van der Waals surface area contributed by atoms with Gasteiger partial charge in [-0.15, -0.1) is 0 Å². The summed E-state index contributed by atoms with van der Waals surface area (Å²) in [6.07, 6.45) is 0. The number of amides is 1. The molecule has 0 saturated heterocycles.